The van der Waals surface area contributed by atoms with Crippen molar-refractivity contribution in [2.75, 3.05) is 5.32 Å². The molecule has 7 heteroatoms. The van der Waals surface area contributed by atoms with Gasteiger partial charge in [0.1, 0.15) is 12.1 Å². The van der Waals surface area contributed by atoms with Gasteiger partial charge in [-0.05, 0) is 31.4 Å². The molecular formula is C19H19N7. The Labute approximate surface area is 150 Å². The van der Waals surface area contributed by atoms with E-state index in [4.69, 9.17) is 0 Å². The molecule has 3 aromatic heterocycles. The van der Waals surface area contributed by atoms with Crippen LogP contribution in [0.4, 0.5) is 5.82 Å². The predicted octanol–water partition coefficient (Wildman–Crippen LogP) is 2.96. The molecule has 0 atom stereocenters. The van der Waals surface area contributed by atoms with Crippen molar-refractivity contribution >= 4 is 16.9 Å². The first kappa shape index (κ1) is 15.1. The van der Waals surface area contributed by atoms with Crippen LogP contribution in [0.25, 0.3) is 16.7 Å². The maximum atomic E-state index is 4.50. The van der Waals surface area contributed by atoms with E-state index in [-0.39, 0.29) is 0 Å². The maximum Gasteiger partial charge on any atom is 0.168 e. The molecule has 1 aliphatic heterocycles. The molecule has 26 heavy (non-hydrogen) atoms. The Morgan fingerprint density at radius 3 is 2.85 bits per heavy atom. The van der Waals surface area contributed by atoms with Gasteiger partial charge < -0.3 is 5.32 Å². The molecule has 5 rings (SSSR count). The van der Waals surface area contributed by atoms with Gasteiger partial charge in [-0.25, -0.2) is 14.6 Å². The molecule has 0 spiro atoms. The number of fused-ring (bicyclic) bond motifs is 2. The topological polar surface area (TPSA) is 73.5 Å². The van der Waals surface area contributed by atoms with Crippen LogP contribution in [-0.4, -0.2) is 29.5 Å². The summed E-state index contributed by atoms with van der Waals surface area (Å²) in [6, 6.07) is 10.0. The van der Waals surface area contributed by atoms with Gasteiger partial charge in [0.05, 0.1) is 23.5 Å². The van der Waals surface area contributed by atoms with E-state index in [0.717, 1.165) is 35.5 Å². The summed E-state index contributed by atoms with van der Waals surface area (Å²) in [5.41, 5.74) is 4.37. The summed E-state index contributed by atoms with van der Waals surface area (Å²) in [5, 5.41) is 13.4. The lowest BCUT2D eigenvalue weighted by Crippen LogP contribution is -2.13. The molecule has 130 valence electrons. The zero-order valence-corrected chi connectivity index (χ0v) is 14.3. The Kier molecular flexibility index (Phi) is 3.62. The highest BCUT2D eigenvalue weighted by Crippen LogP contribution is 2.23. The average Bonchev–Trinajstić information content (AvgIpc) is 3.32. The van der Waals surface area contributed by atoms with E-state index >= 15 is 0 Å². The van der Waals surface area contributed by atoms with Crippen molar-refractivity contribution in [1.29, 1.82) is 0 Å². The Balaban J connectivity index is 1.45. The fourth-order valence-electron chi connectivity index (χ4n) is 3.56. The molecule has 0 fully saturated rings. The van der Waals surface area contributed by atoms with Crippen LogP contribution in [0.5, 0.6) is 0 Å². The third-order valence-corrected chi connectivity index (χ3v) is 4.88. The van der Waals surface area contributed by atoms with Crippen molar-refractivity contribution in [2.24, 2.45) is 0 Å². The van der Waals surface area contributed by atoms with E-state index in [1.165, 1.54) is 24.1 Å². The van der Waals surface area contributed by atoms with E-state index in [2.05, 4.69) is 30.2 Å². The van der Waals surface area contributed by atoms with E-state index in [1.54, 1.807) is 6.33 Å². The molecule has 0 saturated heterocycles. The Bertz CT molecular complexity index is 1050. The number of benzene rings is 1. The third-order valence-electron chi connectivity index (χ3n) is 4.88. The fourth-order valence-corrected chi connectivity index (χ4v) is 3.56. The molecule has 0 aliphatic carbocycles. The third kappa shape index (κ3) is 2.52. The summed E-state index contributed by atoms with van der Waals surface area (Å²) in [6.07, 6.45) is 8.92. The second-order valence-corrected chi connectivity index (χ2v) is 6.50. The number of aryl methyl sites for hydroxylation is 1. The van der Waals surface area contributed by atoms with E-state index in [0.29, 0.717) is 6.54 Å². The number of aromatic nitrogens is 6. The molecule has 7 nitrogen and oxygen atoms in total. The Hall–Kier alpha value is -3.22. The second-order valence-electron chi connectivity index (χ2n) is 6.50. The lowest BCUT2D eigenvalue weighted by molar-refractivity contribution is 0.484. The SMILES string of the molecule is c1ccc(-n2ncc3c(NCc4cnn5c4CCCC5)ncnc32)cc1. The summed E-state index contributed by atoms with van der Waals surface area (Å²) in [4.78, 5) is 8.85. The van der Waals surface area contributed by atoms with Crippen LogP contribution in [-0.2, 0) is 19.5 Å². The minimum absolute atomic E-state index is 0.706. The quantitative estimate of drug-likeness (QED) is 0.615. The first-order chi connectivity index (χ1) is 12.9. The van der Waals surface area contributed by atoms with E-state index in [1.807, 2.05) is 47.4 Å². The standard InChI is InChI=1S/C19H19N7/c1-2-6-15(7-3-1)26-19-16(12-24-26)18(21-13-22-19)20-10-14-11-23-25-9-5-4-8-17(14)25/h1-3,6-7,11-13H,4-5,8-10H2,(H,20,21,22). The number of nitrogens with one attached hydrogen (secondary N) is 1. The number of para-hydroxylation sites is 1. The summed E-state index contributed by atoms with van der Waals surface area (Å²) < 4.78 is 3.97. The first-order valence-electron chi connectivity index (χ1n) is 8.92. The molecule has 4 heterocycles. The van der Waals surface area contributed by atoms with Crippen LogP contribution >= 0.6 is 0 Å². The van der Waals surface area contributed by atoms with Gasteiger partial charge in [0.15, 0.2) is 5.65 Å². The molecule has 0 saturated carbocycles. The smallest absolute Gasteiger partial charge is 0.168 e. The molecule has 1 N–H and O–H groups in total. The van der Waals surface area contributed by atoms with E-state index in [9.17, 15) is 0 Å². The number of hydrogen-bond acceptors (Lipinski definition) is 5. The summed E-state index contributed by atoms with van der Waals surface area (Å²) in [6.45, 7) is 1.73. The number of nitrogens with zero attached hydrogens (tertiary/aromatic N) is 6. The van der Waals surface area contributed by atoms with Crippen LogP contribution in [0.2, 0.25) is 0 Å². The van der Waals surface area contributed by atoms with Gasteiger partial charge in [0.25, 0.3) is 0 Å². The number of anilines is 1. The molecule has 4 aromatic rings. The van der Waals surface area contributed by atoms with Crippen LogP contribution in [0.3, 0.4) is 0 Å². The highest BCUT2D eigenvalue weighted by atomic mass is 15.3. The van der Waals surface area contributed by atoms with Crippen LogP contribution in [0.1, 0.15) is 24.1 Å². The van der Waals surface area contributed by atoms with Gasteiger partial charge in [-0.15, -0.1) is 0 Å². The summed E-state index contributed by atoms with van der Waals surface area (Å²) >= 11 is 0. The monoisotopic (exact) mass is 345 g/mol. The largest absolute Gasteiger partial charge is 0.365 e. The summed E-state index contributed by atoms with van der Waals surface area (Å²) in [7, 11) is 0. The number of rotatable bonds is 4. The van der Waals surface area contributed by atoms with Crippen LogP contribution in [0.15, 0.2) is 49.1 Å². The van der Waals surface area contributed by atoms with Crippen molar-refractivity contribution in [1.82, 2.24) is 29.5 Å². The first-order valence-corrected chi connectivity index (χ1v) is 8.92. The van der Waals surface area contributed by atoms with Gasteiger partial charge in [0, 0.05) is 24.3 Å². The van der Waals surface area contributed by atoms with Crippen molar-refractivity contribution in [3.63, 3.8) is 0 Å². The molecule has 1 aliphatic rings. The van der Waals surface area contributed by atoms with Gasteiger partial charge in [-0.1, -0.05) is 18.2 Å². The molecule has 0 radical (unpaired) electrons. The van der Waals surface area contributed by atoms with Crippen molar-refractivity contribution in [2.45, 2.75) is 32.4 Å². The predicted molar refractivity (Wildman–Crippen MR) is 99.2 cm³/mol. The Morgan fingerprint density at radius 2 is 1.92 bits per heavy atom. The summed E-state index contributed by atoms with van der Waals surface area (Å²) in [5.74, 6) is 0.799. The molecule has 0 unspecified atom stereocenters. The lowest BCUT2D eigenvalue weighted by Gasteiger charge is -2.15. The number of hydrogen-bond donors (Lipinski definition) is 1. The highest BCUT2D eigenvalue weighted by molar-refractivity contribution is 5.87. The molecular weight excluding hydrogens is 326 g/mol. The normalized spacial score (nSPS) is 13.7. The lowest BCUT2D eigenvalue weighted by atomic mass is 10.1. The van der Waals surface area contributed by atoms with Gasteiger partial charge in [0.2, 0.25) is 0 Å². The minimum Gasteiger partial charge on any atom is -0.365 e. The van der Waals surface area contributed by atoms with Gasteiger partial charge in [-0.2, -0.15) is 10.2 Å². The Morgan fingerprint density at radius 1 is 1.00 bits per heavy atom. The maximum absolute atomic E-state index is 4.50. The van der Waals surface area contributed by atoms with Gasteiger partial charge >= 0.3 is 0 Å². The van der Waals surface area contributed by atoms with Crippen LogP contribution < -0.4 is 5.32 Å². The molecule has 0 bridgehead atoms. The van der Waals surface area contributed by atoms with Crippen molar-refractivity contribution < 1.29 is 0 Å². The van der Waals surface area contributed by atoms with E-state index < -0.39 is 0 Å². The van der Waals surface area contributed by atoms with Crippen molar-refractivity contribution in [3.8, 4) is 5.69 Å². The second kappa shape index (κ2) is 6.25. The average molecular weight is 345 g/mol. The van der Waals surface area contributed by atoms with Crippen molar-refractivity contribution in [3.05, 3.63) is 60.3 Å². The minimum atomic E-state index is 0.706. The zero-order chi connectivity index (χ0) is 17.3. The highest BCUT2D eigenvalue weighted by Gasteiger charge is 2.16. The van der Waals surface area contributed by atoms with Crippen LogP contribution in [0, 0.1) is 0 Å². The zero-order valence-electron chi connectivity index (χ0n) is 14.3. The van der Waals surface area contributed by atoms with Gasteiger partial charge in [-0.3, -0.25) is 4.68 Å². The molecule has 1 aromatic carbocycles. The fraction of sp³-hybridized carbons (Fsp3) is 0.263. The molecule has 0 amide bonds.